The summed E-state index contributed by atoms with van der Waals surface area (Å²) >= 11 is 0. The van der Waals surface area contributed by atoms with Crippen molar-refractivity contribution in [1.29, 1.82) is 0 Å². The zero-order valence-electron chi connectivity index (χ0n) is 14.3. The summed E-state index contributed by atoms with van der Waals surface area (Å²) in [5.41, 5.74) is 1.47. The smallest absolute Gasteiger partial charge is 0.0716 e. The van der Waals surface area contributed by atoms with Crippen molar-refractivity contribution in [3.8, 4) is 0 Å². The van der Waals surface area contributed by atoms with Crippen LogP contribution in [-0.4, -0.2) is 42.4 Å². The Hall–Kier alpha value is -0.900. The van der Waals surface area contributed by atoms with E-state index >= 15 is 0 Å². The number of nitrogens with zero attached hydrogens (tertiary/aromatic N) is 1. The number of benzene rings is 1. The molecule has 0 aromatic heterocycles. The number of likely N-dealkylation sites (tertiary alicyclic amines) is 1. The number of aliphatic hydroxyl groups is 1. The number of ether oxygens (including phenoxy) is 1. The van der Waals surface area contributed by atoms with Crippen molar-refractivity contribution in [2.24, 2.45) is 5.41 Å². The van der Waals surface area contributed by atoms with Gasteiger partial charge in [0, 0.05) is 18.6 Å². The molecule has 1 heterocycles. The van der Waals surface area contributed by atoms with Crippen molar-refractivity contribution in [2.45, 2.75) is 57.7 Å². The maximum atomic E-state index is 10.3. The zero-order chi connectivity index (χ0) is 16.0. The lowest BCUT2D eigenvalue weighted by atomic mass is 9.76. The first-order chi connectivity index (χ1) is 11.3. The molecule has 2 fully saturated rings. The van der Waals surface area contributed by atoms with Gasteiger partial charge in [0.1, 0.15) is 0 Å². The van der Waals surface area contributed by atoms with E-state index < -0.39 is 0 Å². The summed E-state index contributed by atoms with van der Waals surface area (Å²) in [4.78, 5) is 2.58. The monoisotopic (exact) mass is 317 g/mol. The van der Waals surface area contributed by atoms with Gasteiger partial charge in [0.2, 0.25) is 0 Å². The average molecular weight is 317 g/mol. The molecular formula is C20H31NO2. The van der Waals surface area contributed by atoms with Crippen molar-refractivity contribution in [1.82, 2.24) is 4.90 Å². The first-order valence-electron chi connectivity index (χ1n) is 9.31. The summed E-state index contributed by atoms with van der Waals surface area (Å²) in [6.45, 7) is 5.04. The molecule has 0 radical (unpaired) electrons. The maximum absolute atomic E-state index is 10.3. The molecule has 23 heavy (non-hydrogen) atoms. The van der Waals surface area contributed by atoms with Crippen LogP contribution < -0.4 is 0 Å². The number of hydrogen-bond donors (Lipinski definition) is 1. The Labute approximate surface area is 140 Å². The minimum atomic E-state index is -0.0560. The fraction of sp³-hybridized carbons (Fsp3) is 0.700. The van der Waals surface area contributed by atoms with Gasteiger partial charge in [-0.25, -0.2) is 0 Å². The van der Waals surface area contributed by atoms with Crippen LogP contribution in [-0.2, 0) is 11.3 Å². The Morgan fingerprint density at radius 1 is 1.13 bits per heavy atom. The summed E-state index contributed by atoms with van der Waals surface area (Å²) in [6, 6.07) is 10.4. The van der Waals surface area contributed by atoms with Crippen molar-refractivity contribution < 1.29 is 9.84 Å². The molecule has 3 nitrogen and oxygen atoms in total. The fourth-order valence-electron chi connectivity index (χ4n) is 4.35. The third-order valence-corrected chi connectivity index (χ3v) is 5.67. The van der Waals surface area contributed by atoms with E-state index in [1.165, 1.54) is 44.2 Å². The van der Waals surface area contributed by atoms with Crippen LogP contribution in [0, 0.1) is 5.41 Å². The van der Waals surface area contributed by atoms with E-state index in [-0.39, 0.29) is 11.5 Å². The predicted octanol–water partition coefficient (Wildman–Crippen LogP) is 3.61. The van der Waals surface area contributed by atoms with Crippen LogP contribution in [0.5, 0.6) is 0 Å². The molecule has 1 aliphatic carbocycles. The molecule has 3 heteroatoms. The molecule has 128 valence electrons. The van der Waals surface area contributed by atoms with Gasteiger partial charge in [-0.05, 0) is 57.2 Å². The van der Waals surface area contributed by atoms with E-state index in [2.05, 4.69) is 29.2 Å². The van der Waals surface area contributed by atoms with Crippen molar-refractivity contribution in [2.75, 3.05) is 26.2 Å². The molecule has 0 unspecified atom stereocenters. The van der Waals surface area contributed by atoms with Crippen LogP contribution in [0.2, 0.25) is 0 Å². The third-order valence-electron chi connectivity index (χ3n) is 5.67. The van der Waals surface area contributed by atoms with E-state index in [0.717, 1.165) is 39.1 Å². The highest BCUT2D eigenvalue weighted by molar-refractivity contribution is 5.13. The third kappa shape index (κ3) is 4.56. The number of piperidine rings is 1. The first-order valence-corrected chi connectivity index (χ1v) is 9.31. The minimum Gasteiger partial charge on any atom is -0.393 e. The lowest BCUT2D eigenvalue weighted by molar-refractivity contribution is -0.0104. The standard InChI is InChI=1S/C20H31NO2/c22-19-10-6-11-20(19)12-7-14-21(17-20)13-4-5-15-23-16-18-8-2-1-3-9-18/h1-3,8-9,19,22H,4-7,10-17H2/t19-,20-/m1/s1. The van der Waals surface area contributed by atoms with Gasteiger partial charge >= 0.3 is 0 Å². The van der Waals surface area contributed by atoms with Crippen LogP contribution in [0.25, 0.3) is 0 Å². The lowest BCUT2D eigenvalue weighted by Crippen LogP contribution is -2.47. The van der Waals surface area contributed by atoms with Crippen LogP contribution in [0.3, 0.4) is 0 Å². The molecule has 1 aromatic carbocycles. The maximum Gasteiger partial charge on any atom is 0.0716 e. The van der Waals surface area contributed by atoms with E-state index in [1.807, 2.05) is 6.07 Å². The second kappa shape index (κ2) is 8.27. The van der Waals surface area contributed by atoms with Gasteiger partial charge in [0.25, 0.3) is 0 Å². The molecule has 1 aromatic rings. The normalized spacial score (nSPS) is 28.5. The topological polar surface area (TPSA) is 32.7 Å². The summed E-state index contributed by atoms with van der Waals surface area (Å²) in [5.74, 6) is 0. The van der Waals surface area contributed by atoms with Gasteiger partial charge in [-0.15, -0.1) is 0 Å². The summed E-state index contributed by atoms with van der Waals surface area (Å²) in [5, 5.41) is 10.3. The second-order valence-electron chi connectivity index (χ2n) is 7.40. The molecule has 3 rings (SSSR count). The summed E-state index contributed by atoms with van der Waals surface area (Å²) in [6.07, 6.45) is 8.19. The Balaban J connectivity index is 1.30. The van der Waals surface area contributed by atoms with Crippen LogP contribution in [0.4, 0.5) is 0 Å². The van der Waals surface area contributed by atoms with Gasteiger partial charge < -0.3 is 14.7 Å². The van der Waals surface area contributed by atoms with E-state index in [9.17, 15) is 5.11 Å². The molecule has 2 aliphatic rings. The van der Waals surface area contributed by atoms with Crippen LogP contribution in [0.15, 0.2) is 30.3 Å². The van der Waals surface area contributed by atoms with E-state index in [0.29, 0.717) is 0 Å². The molecule has 1 saturated carbocycles. The molecule has 2 atom stereocenters. The lowest BCUT2D eigenvalue weighted by Gasteiger charge is -2.42. The van der Waals surface area contributed by atoms with Gasteiger partial charge in [0.15, 0.2) is 0 Å². The van der Waals surface area contributed by atoms with Gasteiger partial charge in [-0.3, -0.25) is 0 Å². The largest absolute Gasteiger partial charge is 0.393 e. The van der Waals surface area contributed by atoms with Gasteiger partial charge in [-0.1, -0.05) is 36.8 Å². The first kappa shape index (κ1) is 16.9. The molecular weight excluding hydrogens is 286 g/mol. The highest BCUT2D eigenvalue weighted by Gasteiger charge is 2.44. The summed E-state index contributed by atoms with van der Waals surface area (Å²) < 4.78 is 5.76. The van der Waals surface area contributed by atoms with Gasteiger partial charge in [-0.2, -0.15) is 0 Å². The van der Waals surface area contributed by atoms with Crippen molar-refractivity contribution in [3.05, 3.63) is 35.9 Å². The van der Waals surface area contributed by atoms with Crippen molar-refractivity contribution in [3.63, 3.8) is 0 Å². The Kier molecular flexibility index (Phi) is 6.09. The Morgan fingerprint density at radius 3 is 2.74 bits per heavy atom. The van der Waals surface area contributed by atoms with E-state index in [4.69, 9.17) is 4.74 Å². The molecule has 1 saturated heterocycles. The van der Waals surface area contributed by atoms with Crippen LogP contribution >= 0.6 is 0 Å². The van der Waals surface area contributed by atoms with Crippen molar-refractivity contribution >= 4 is 0 Å². The molecule has 1 N–H and O–H groups in total. The molecule has 1 aliphatic heterocycles. The number of aliphatic hydroxyl groups excluding tert-OH is 1. The Bertz CT molecular complexity index is 464. The Morgan fingerprint density at radius 2 is 1.96 bits per heavy atom. The number of unbranched alkanes of at least 4 members (excludes halogenated alkanes) is 1. The van der Waals surface area contributed by atoms with Crippen LogP contribution in [0.1, 0.15) is 50.5 Å². The fourth-order valence-corrected chi connectivity index (χ4v) is 4.35. The minimum absolute atomic E-state index is 0.0560. The van der Waals surface area contributed by atoms with E-state index in [1.54, 1.807) is 0 Å². The molecule has 0 amide bonds. The molecule has 0 bridgehead atoms. The number of rotatable bonds is 7. The second-order valence-corrected chi connectivity index (χ2v) is 7.40. The zero-order valence-corrected chi connectivity index (χ0v) is 14.3. The predicted molar refractivity (Wildman–Crippen MR) is 93.3 cm³/mol. The molecule has 1 spiro atoms. The highest BCUT2D eigenvalue weighted by Crippen LogP contribution is 2.44. The SMILES string of the molecule is O[C@@H]1CCC[C@]12CCCN(CCCCOCc1ccccc1)C2. The summed E-state index contributed by atoms with van der Waals surface area (Å²) in [7, 11) is 0. The highest BCUT2D eigenvalue weighted by atomic mass is 16.5. The van der Waals surface area contributed by atoms with Gasteiger partial charge in [0.05, 0.1) is 12.7 Å². The number of hydrogen-bond acceptors (Lipinski definition) is 3. The average Bonchev–Trinajstić information content (AvgIpc) is 2.92. The quantitative estimate of drug-likeness (QED) is 0.780.